The van der Waals surface area contributed by atoms with Crippen molar-refractivity contribution in [1.29, 1.82) is 0 Å². The van der Waals surface area contributed by atoms with Gasteiger partial charge in [-0.25, -0.2) is 0 Å². The highest BCUT2D eigenvalue weighted by molar-refractivity contribution is 9.10. The summed E-state index contributed by atoms with van der Waals surface area (Å²) in [6.07, 6.45) is 1.10. The molecule has 110 valence electrons. The Morgan fingerprint density at radius 3 is 2.43 bits per heavy atom. The van der Waals surface area contributed by atoms with Crippen LogP contribution in [0.4, 0.5) is 11.4 Å². The summed E-state index contributed by atoms with van der Waals surface area (Å²) < 4.78 is 1.05. The normalized spacial score (nSPS) is 11.8. The van der Waals surface area contributed by atoms with Crippen molar-refractivity contribution < 1.29 is 0 Å². The average Bonchev–Trinajstić information content (AvgIpc) is 2.49. The Kier molecular flexibility index (Phi) is 5.76. The van der Waals surface area contributed by atoms with Gasteiger partial charge in [-0.15, -0.1) is 0 Å². The minimum atomic E-state index is 0.504. The van der Waals surface area contributed by atoms with Crippen LogP contribution in [-0.4, -0.2) is 5.11 Å². The smallest absolute Gasteiger partial charge is 0.175 e. The first kappa shape index (κ1) is 16.0. The molecule has 2 rings (SSSR count). The van der Waals surface area contributed by atoms with Crippen LogP contribution in [0, 0.1) is 0 Å². The van der Waals surface area contributed by atoms with Gasteiger partial charge in [0.05, 0.1) is 0 Å². The van der Waals surface area contributed by atoms with E-state index in [1.54, 1.807) is 0 Å². The Morgan fingerprint density at radius 2 is 1.76 bits per heavy atom. The quantitative estimate of drug-likeness (QED) is 0.674. The van der Waals surface area contributed by atoms with Crippen molar-refractivity contribution in [2.45, 2.75) is 26.2 Å². The van der Waals surface area contributed by atoms with Crippen molar-refractivity contribution in [3.05, 3.63) is 58.6 Å². The van der Waals surface area contributed by atoms with Gasteiger partial charge in [0.15, 0.2) is 5.11 Å². The molecule has 1 atom stereocenters. The Labute approximate surface area is 140 Å². The molecule has 2 aromatic rings. The summed E-state index contributed by atoms with van der Waals surface area (Å²) in [6, 6.07) is 16.2. The predicted molar refractivity (Wildman–Crippen MR) is 99.1 cm³/mol. The summed E-state index contributed by atoms with van der Waals surface area (Å²) >= 11 is 8.82. The Balaban J connectivity index is 2.07. The second-order valence-electron chi connectivity index (χ2n) is 4.98. The van der Waals surface area contributed by atoms with Gasteiger partial charge in [0.25, 0.3) is 0 Å². The summed E-state index contributed by atoms with van der Waals surface area (Å²) in [5, 5.41) is 7.10. The zero-order chi connectivity index (χ0) is 15.2. The first-order valence-electron chi connectivity index (χ1n) is 7.02. The topological polar surface area (TPSA) is 24.1 Å². The van der Waals surface area contributed by atoms with Crippen molar-refractivity contribution in [2.75, 3.05) is 10.6 Å². The molecule has 1 unspecified atom stereocenters. The molecule has 2 N–H and O–H groups in total. The van der Waals surface area contributed by atoms with Crippen LogP contribution < -0.4 is 10.6 Å². The first-order chi connectivity index (χ1) is 10.1. The fourth-order valence-corrected chi connectivity index (χ4v) is 2.57. The highest BCUT2D eigenvalue weighted by Crippen LogP contribution is 2.26. The summed E-state index contributed by atoms with van der Waals surface area (Å²) in [6.45, 7) is 4.42. The lowest BCUT2D eigenvalue weighted by molar-refractivity contribution is 0.736. The van der Waals surface area contributed by atoms with Gasteiger partial charge in [0, 0.05) is 15.8 Å². The van der Waals surface area contributed by atoms with E-state index in [2.05, 4.69) is 58.6 Å². The third kappa shape index (κ3) is 4.55. The van der Waals surface area contributed by atoms with Crippen molar-refractivity contribution in [3.63, 3.8) is 0 Å². The standard InChI is InChI=1S/C17H19BrN2S/c1-3-12(2)15-6-4-5-7-16(15)20-17(21)19-14-10-8-13(18)9-11-14/h4-12H,3H2,1-2H3,(H2,19,20,21). The van der Waals surface area contributed by atoms with E-state index in [0.717, 1.165) is 22.3 Å². The molecular formula is C17H19BrN2S. The van der Waals surface area contributed by atoms with E-state index in [-0.39, 0.29) is 0 Å². The largest absolute Gasteiger partial charge is 0.332 e. The molecule has 0 radical (unpaired) electrons. The van der Waals surface area contributed by atoms with E-state index >= 15 is 0 Å². The van der Waals surface area contributed by atoms with E-state index in [1.807, 2.05) is 30.3 Å². The van der Waals surface area contributed by atoms with Crippen LogP contribution in [0.2, 0.25) is 0 Å². The molecule has 0 aliphatic rings. The second-order valence-corrected chi connectivity index (χ2v) is 6.31. The molecule has 0 amide bonds. The maximum absolute atomic E-state index is 5.40. The molecule has 0 saturated heterocycles. The van der Waals surface area contributed by atoms with Gasteiger partial charge in [-0.1, -0.05) is 48.0 Å². The fraction of sp³-hybridized carbons (Fsp3) is 0.235. The van der Waals surface area contributed by atoms with E-state index in [9.17, 15) is 0 Å². The molecule has 0 aliphatic heterocycles. The summed E-state index contributed by atoms with van der Waals surface area (Å²) in [4.78, 5) is 0. The lowest BCUT2D eigenvalue weighted by Crippen LogP contribution is -2.20. The number of benzene rings is 2. The van der Waals surface area contributed by atoms with Crippen molar-refractivity contribution in [2.24, 2.45) is 0 Å². The van der Waals surface area contributed by atoms with Crippen LogP contribution in [0.1, 0.15) is 31.7 Å². The van der Waals surface area contributed by atoms with Crippen molar-refractivity contribution >= 4 is 44.6 Å². The van der Waals surface area contributed by atoms with Crippen LogP contribution in [-0.2, 0) is 0 Å². The maximum Gasteiger partial charge on any atom is 0.175 e. The second kappa shape index (κ2) is 7.57. The van der Waals surface area contributed by atoms with Gasteiger partial charge in [-0.05, 0) is 60.5 Å². The monoisotopic (exact) mass is 362 g/mol. The summed E-state index contributed by atoms with van der Waals surface area (Å²) in [5.74, 6) is 0.504. The molecular weight excluding hydrogens is 344 g/mol. The van der Waals surface area contributed by atoms with Gasteiger partial charge >= 0.3 is 0 Å². The minimum absolute atomic E-state index is 0.504. The zero-order valence-corrected chi connectivity index (χ0v) is 14.6. The third-order valence-electron chi connectivity index (χ3n) is 3.45. The van der Waals surface area contributed by atoms with Crippen LogP contribution in [0.3, 0.4) is 0 Å². The van der Waals surface area contributed by atoms with Gasteiger partial charge in [-0.2, -0.15) is 0 Å². The molecule has 0 bridgehead atoms. The molecule has 0 aromatic heterocycles. The molecule has 0 saturated carbocycles. The minimum Gasteiger partial charge on any atom is -0.332 e. The Bertz CT molecular complexity index is 610. The van der Waals surface area contributed by atoms with Crippen molar-refractivity contribution in [3.8, 4) is 0 Å². The number of halogens is 1. The molecule has 0 spiro atoms. The van der Waals surface area contributed by atoms with E-state index < -0.39 is 0 Å². The molecule has 21 heavy (non-hydrogen) atoms. The molecule has 2 nitrogen and oxygen atoms in total. The first-order valence-corrected chi connectivity index (χ1v) is 8.22. The van der Waals surface area contributed by atoms with Crippen LogP contribution >= 0.6 is 28.1 Å². The zero-order valence-electron chi connectivity index (χ0n) is 12.2. The van der Waals surface area contributed by atoms with E-state index in [4.69, 9.17) is 12.2 Å². The maximum atomic E-state index is 5.40. The van der Waals surface area contributed by atoms with Crippen LogP contribution in [0.15, 0.2) is 53.0 Å². The van der Waals surface area contributed by atoms with Gasteiger partial charge in [-0.3, -0.25) is 0 Å². The SMILES string of the molecule is CCC(C)c1ccccc1NC(=S)Nc1ccc(Br)cc1. The van der Waals surface area contributed by atoms with Gasteiger partial charge < -0.3 is 10.6 Å². The van der Waals surface area contributed by atoms with E-state index in [0.29, 0.717) is 11.0 Å². The third-order valence-corrected chi connectivity index (χ3v) is 4.19. The Morgan fingerprint density at radius 1 is 1.10 bits per heavy atom. The lowest BCUT2D eigenvalue weighted by atomic mass is 9.97. The van der Waals surface area contributed by atoms with Gasteiger partial charge in [0.2, 0.25) is 0 Å². The van der Waals surface area contributed by atoms with Crippen LogP contribution in [0.25, 0.3) is 0 Å². The number of hydrogen-bond acceptors (Lipinski definition) is 1. The number of nitrogens with one attached hydrogen (secondary N) is 2. The number of para-hydroxylation sites is 1. The number of hydrogen-bond donors (Lipinski definition) is 2. The molecule has 0 aliphatic carbocycles. The molecule has 0 heterocycles. The van der Waals surface area contributed by atoms with E-state index in [1.165, 1.54) is 5.56 Å². The number of thiocarbonyl (C=S) groups is 1. The predicted octanol–water partition coefficient (Wildman–Crippen LogP) is 5.77. The number of rotatable bonds is 4. The molecule has 4 heteroatoms. The summed E-state index contributed by atoms with van der Waals surface area (Å²) in [5.41, 5.74) is 3.33. The highest BCUT2D eigenvalue weighted by Gasteiger charge is 2.09. The number of anilines is 2. The highest BCUT2D eigenvalue weighted by atomic mass is 79.9. The molecule has 0 fully saturated rings. The fourth-order valence-electron chi connectivity index (χ4n) is 2.08. The van der Waals surface area contributed by atoms with Gasteiger partial charge in [0.1, 0.15) is 0 Å². The average molecular weight is 363 g/mol. The summed E-state index contributed by atoms with van der Waals surface area (Å²) in [7, 11) is 0. The van der Waals surface area contributed by atoms with Crippen LogP contribution in [0.5, 0.6) is 0 Å². The Hall–Kier alpha value is -1.39. The molecule has 2 aromatic carbocycles. The van der Waals surface area contributed by atoms with Crippen molar-refractivity contribution in [1.82, 2.24) is 0 Å². The lowest BCUT2D eigenvalue weighted by Gasteiger charge is -2.17.